The van der Waals surface area contributed by atoms with Crippen LogP contribution in [0.25, 0.3) is 0 Å². The van der Waals surface area contributed by atoms with Gasteiger partial charge in [0.1, 0.15) is 10.6 Å². The Morgan fingerprint density at radius 1 is 1.43 bits per heavy atom. The highest BCUT2D eigenvalue weighted by Crippen LogP contribution is 2.37. The van der Waals surface area contributed by atoms with Crippen LogP contribution in [0.2, 0.25) is 0 Å². The molecule has 2 rings (SSSR count). The second-order valence-electron chi connectivity index (χ2n) is 5.90. The van der Waals surface area contributed by atoms with Crippen molar-refractivity contribution in [3.05, 3.63) is 17.7 Å². The molecule has 0 bridgehead atoms. The highest BCUT2D eigenvalue weighted by atomic mass is 32.2. The fourth-order valence-electron chi connectivity index (χ4n) is 2.23. The number of ether oxygens (including phenoxy) is 1. The van der Waals surface area contributed by atoms with Gasteiger partial charge in [0.25, 0.3) is 0 Å². The maximum Gasteiger partial charge on any atom is 0.247 e. The molecule has 0 saturated carbocycles. The lowest BCUT2D eigenvalue weighted by atomic mass is 10.1. The zero-order valence-electron chi connectivity index (χ0n) is 12.6. The fraction of sp³-hybridized carbons (Fsp3) is 0.571. The summed E-state index contributed by atoms with van der Waals surface area (Å²) in [4.78, 5) is 0.0706. The Bertz CT molecular complexity index is 641. The van der Waals surface area contributed by atoms with Crippen LogP contribution in [-0.4, -0.2) is 43.6 Å². The SMILES string of the molecule is CN(C(C)(C)CO)S(=O)(=O)c1cc(N)cc2c1OCCC2. The number of fused-ring (bicyclic) bond motifs is 1. The molecule has 0 saturated heterocycles. The van der Waals surface area contributed by atoms with Gasteiger partial charge in [-0.1, -0.05) is 0 Å². The predicted molar refractivity (Wildman–Crippen MR) is 80.8 cm³/mol. The van der Waals surface area contributed by atoms with Gasteiger partial charge < -0.3 is 15.6 Å². The van der Waals surface area contributed by atoms with E-state index in [9.17, 15) is 13.5 Å². The van der Waals surface area contributed by atoms with E-state index in [0.29, 0.717) is 18.0 Å². The number of nitrogens with two attached hydrogens (primary N) is 1. The van der Waals surface area contributed by atoms with E-state index in [2.05, 4.69) is 0 Å². The fourth-order valence-corrected chi connectivity index (χ4v) is 3.95. The number of aryl methyl sites for hydroxylation is 1. The van der Waals surface area contributed by atoms with Gasteiger partial charge in [0.2, 0.25) is 10.0 Å². The van der Waals surface area contributed by atoms with Crippen LogP contribution in [0.5, 0.6) is 5.75 Å². The van der Waals surface area contributed by atoms with Crippen molar-refractivity contribution >= 4 is 15.7 Å². The van der Waals surface area contributed by atoms with Crippen LogP contribution in [0, 0.1) is 0 Å². The molecule has 1 aliphatic rings. The van der Waals surface area contributed by atoms with Crippen LogP contribution in [0.15, 0.2) is 17.0 Å². The van der Waals surface area contributed by atoms with Crippen molar-refractivity contribution in [1.29, 1.82) is 0 Å². The lowest BCUT2D eigenvalue weighted by Crippen LogP contribution is -2.47. The molecule has 0 unspecified atom stereocenters. The maximum atomic E-state index is 12.8. The molecular weight excluding hydrogens is 292 g/mol. The normalized spacial score (nSPS) is 15.7. The number of benzene rings is 1. The Morgan fingerprint density at radius 3 is 2.71 bits per heavy atom. The van der Waals surface area contributed by atoms with E-state index in [-0.39, 0.29) is 11.5 Å². The summed E-state index contributed by atoms with van der Waals surface area (Å²) in [6, 6.07) is 3.17. The molecule has 0 atom stereocenters. The average molecular weight is 314 g/mol. The summed E-state index contributed by atoms with van der Waals surface area (Å²) in [5.74, 6) is 0.385. The second kappa shape index (κ2) is 5.47. The number of sulfonamides is 1. The van der Waals surface area contributed by atoms with Gasteiger partial charge in [-0.2, -0.15) is 4.31 Å². The first-order chi connectivity index (χ1) is 9.70. The van der Waals surface area contributed by atoms with E-state index >= 15 is 0 Å². The summed E-state index contributed by atoms with van der Waals surface area (Å²) in [7, 11) is -2.36. The molecule has 1 aliphatic heterocycles. The van der Waals surface area contributed by atoms with Gasteiger partial charge in [-0.15, -0.1) is 0 Å². The van der Waals surface area contributed by atoms with Crippen molar-refractivity contribution in [3.63, 3.8) is 0 Å². The van der Waals surface area contributed by atoms with Gasteiger partial charge >= 0.3 is 0 Å². The summed E-state index contributed by atoms with van der Waals surface area (Å²) in [5, 5.41) is 9.41. The van der Waals surface area contributed by atoms with Crippen LogP contribution in [0.4, 0.5) is 5.69 Å². The minimum Gasteiger partial charge on any atom is -0.492 e. The highest BCUT2D eigenvalue weighted by molar-refractivity contribution is 7.89. The summed E-state index contributed by atoms with van der Waals surface area (Å²) < 4.78 is 32.4. The summed E-state index contributed by atoms with van der Waals surface area (Å²) in [6.45, 7) is 3.52. The summed E-state index contributed by atoms with van der Waals surface area (Å²) in [5.41, 5.74) is 6.13. The number of likely N-dealkylation sites (N-methyl/N-ethyl adjacent to an activating group) is 1. The zero-order valence-corrected chi connectivity index (χ0v) is 13.4. The van der Waals surface area contributed by atoms with E-state index in [0.717, 1.165) is 22.7 Å². The minimum absolute atomic E-state index is 0.0706. The van der Waals surface area contributed by atoms with Crippen molar-refractivity contribution in [2.45, 2.75) is 37.1 Å². The first-order valence-corrected chi connectivity index (χ1v) is 8.29. The van der Waals surface area contributed by atoms with Crippen molar-refractivity contribution in [1.82, 2.24) is 4.31 Å². The number of aliphatic hydroxyl groups excluding tert-OH is 1. The number of nitrogens with zero attached hydrogens (tertiary/aromatic N) is 1. The Balaban J connectivity index is 2.58. The van der Waals surface area contributed by atoms with Crippen molar-refractivity contribution in [2.75, 3.05) is 26.0 Å². The third-order valence-electron chi connectivity index (χ3n) is 3.87. The Hall–Kier alpha value is -1.31. The lowest BCUT2D eigenvalue weighted by molar-refractivity contribution is 0.137. The number of rotatable bonds is 4. The standard InChI is InChI=1S/C14H22N2O4S/c1-14(2,9-17)16(3)21(18,19)12-8-11(15)7-10-5-4-6-20-13(10)12/h7-8,17H,4-6,9,15H2,1-3H3. The third kappa shape index (κ3) is 2.86. The third-order valence-corrected chi connectivity index (χ3v) is 5.94. The van der Waals surface area contributed by atoms with Crippen LogP contribution < -0.4 is 10.5 Å². The summed E-state index contributed by atoms with van der Waals surface area (Å²) >= 11 is 0. The molecule has 3 N–H and O–H groups in total. The zero-order chi connectivity index (χ0) is 15.8. The van der Waals surface area contributed by atoms with Crippen molar-refractivity contribution in [2.24, 2.45) is 0 Å². The first-order valence-electron chi connectivity index (χ1n) is 6.85. The summed E-state index contributed by atoms with van der Waals surface area (Å²) in [6.07, 6.45) is 1.59. The minimum atomic E-state index is -3.80. The topological polar surface area (TPSA) is 92.9 Å². The molecule has 0 fully saturated rings. The van der Waals surface area contributed by atoms with Gasteiger partial charge in [-0.05, 0) is 44.4 Å². The van der Waals surface area contributed by atoms with Crippen LogP contribution >= 0.6 is 0 Å². The predicted octanol–water partition coefficient (Wildman–Crippen LogP) is 0.985. The molecule has 0 aromatic heterocycles. The largest absolute Gasteiger partial charge is 0.492 e. The maximum absolute atomic E-state index is 12.8. The van der Waals surface area contributed by atoms with E-state index in [4.69, 9.17) is 10.5 Å². The molecule has 0 aliphatic carbocycles. The molecule has 0 amide bonds. The van der Waals surface area contributed by atoms with Gasteiger partial charge in [0.05, 0.1) is 18.8 Å². The van der Waals surface area contributed by atoms with Crippen LogP contribution in [0.1, 0.15) is 25.8 Å². The van der Waals surface area contributed by atoms with Crippen LogP contribution in [-0.2, 0) is 16.4 Å². The van der Waals surface area contributed by atoms with E-state index in [1.165, 1.54) is 13.1 Å². The molecule has 6 nitrogen and oxygen atoms in total. The van der Waals surface area contributed by atoms with Crippen LogP contribution in [0.3, 0.4) is 0 Å². The molecule has 1 aromatic carbocycles. The quantitative estimate of drug-likeness (QED) is 0.808. The van der Waals surface area contributed by atoms with E-state index in [1.807, 2.05) is 0 Å². The Morgan fingerprint density at radius 2 is 2.10 bits per heavy atom. The first kappa shape index (κ1) is 16.1. The highest BCUT2D eigenvalue weighted by Gasteiger charge is 2.36. The monoisotopic (exact) mass is 314 g/mol. The number of hydrogen-bond acceptors (Lipinski definition) is 5. The molecule has 1 aromatic rings. The van der Waals surface area contributed by atoms with Crippen molar-refractivity contribution in [3.8, 4) is 5.75 Å². The van der Waals surface area contributed by atoms with E-state index in [1.54, 1.807) is 19.9 Å². The molecule has 7 heteroatoms. The Labute approximate surface area is 125 Å². The van der Waals surface area contributed by atoms with E-state index < -0.39 is 15.6 Å². The number of anilines is 1. The lowest BCUT2D eigenvalue weighted by Gasteiger charge is -2.33. The number of nitrogen functional groups attached to an aromatic ring is 1. The van der Waals surface area contributed by atoms with Crippen molar-refractivity contribution < 1.29 is 18.3 Å². The van der Waals surface area contributed by atoms with Gasteiger partial charge in [-0.25, -0.2) is 8.42 Å². The molecule has 0 spiro atoms. The molecular formula is C14H22N2O4S. The molecule has 0 radical (unpaired) electrons. The molecule has 1 heterocycles. The molecule has 118 valence electrons. The molecule has 21 heavy (non-hydrogen) atoms. The smallest absolute Gasteiger partial charge is 0.247 e. The van der Waals surface area contributed by atoms with Gasteiger partial charge in [0, 0.05) is 12.7 Å². The second-order valence-corrected chi connectivity index (χ2v) is 7.84. The number of aliphatic hydroxyl groups is 1. The van der Waals surface area contributed by atoms with Gasteiger partial charge in [-0.3, -0.25) is 0 Å². The average Bonchev–Trinajstić information content (AvgIpc) is 2.45. The Kier molecular flexibility index (Phi) is 4.19. The number of hydrogen-bond donors (Lipinski definition) is 2. The van der Waals surface area contributed by atoms with Gasteiger partial charge in [0.15, 0.2) is 0 Å².